The molecule has 0 bridgehead atoms. The van der Waals surface area contributed by atoms with Gasteiger partial charge < -0.3 is 24.4 Å². The largest absolute Gasteiger partial charge is 0.486 e. The molecule has 31 heavy (non-hydrogen) atoms. The van der Waals surface area contributed by atoms with Crippen LogP contribution in [0.2, 0.25) is 0 Å². The summed E-state index contributed by atoms with van der Waals surface area (Å²) in [5.41, 5.74) is 1.82. The summed E-state index contributed by atoms with van der Waals surface area (Å²) in [6, 6.07) is 17.6. The van der Waals surface area contributed by atoms with E-state index in [0.29, 0.717) is 13.2 Å². The van der Waals surface area contributed by atoms with Gasteiger partial charge in [-0.2, -0.15) is 0 Å². The molecule has 1 N–H and O–H groups in total. The number of aromatic nitrogens is 2. The Labute approximate surface area is 183 Å². The number of fused-ring (bicyclic) bond motifs is 1. The molecule has 0 saturated carbocycles. The molecule has 3 aromatic rings. The second-order valence-corrected chi connectivity index (χ2v) is 8.05. The van der Waals surface area contributed by atoms with E-state index >= 15 is 0 Å². The number of rotatable bonds is 9. The number of para-hydroxylation sites is 3. The maximum atomic E-state index is 12.7. The Morgan fingerprint density at radius 2 is 1.77 bits per heavy atom. The van der Waals surface area contributed by atoms with Crippen molar-refractivity contribution in [3.05, 3.63) is 60.4 Å². The Kier molecular flexibility index (Phi) is 7.17. The van der Waals surface area contributed by atoms with Gasteiger partial charge in [-0.05, 0) is 44.3 Å². The minimum atomic E-state index is 0.00231. The fraction of sp³-hybridized carbons (Fsp3) is 0.417. The molecule has 1 amide bonds. The van der Waals surface area contributed by atoms with Gasteiger partial charge >= 0.3 is 0 Å². The molecule has 7 heteroatoms. The highest BCUT2D eigenvalue weighted by molar-refractivity contribution is 5.81. The number of hydrogen-bond acceptors (Lipinski definition) is 5. The Morgan fingerprint density at radius 1 is 1.03 bits per heavy atom. The molecule has 0 radical (unpaired) electrons. The van der Waals surface area contributed by atoms with Crippen LogP contribution >= 0.6 is 0 Å². The number of nitrogens with zero attached hydrogens (tertiary/aromatic N) is 4. The molecule has 2 aromatic carbocycles. The molecule has 0 unspecified atom stereocenters. The first-order valence-electron chi connectivity index (χ1n) is 11.0. The molecular formula is C24H31N5O2. The van der Waals surface area contributed by atoms with Crippen molar-refractivity contribution in [1.82, 2.24) is 24.7 Å². The molecule has 1 aliphatic heterocycles. The third-order valence-corrected chi connectivity index (χ3v) is 5.72. The van der Waals surface area contributed by atoms with Crippen LogP contribution in [0.25, 0.3) is 11.0 Å². The van der Waals surface area contributed by atoms with Crippen LogP contribution in [0.1, 0.15) is 12.2 Å². The van der Waals surface area contributed by atoms with E-state index in [0.717, 1.165) is 61.8 Å². The van der Waals surface area contributed by atoms with Crippen LogP contribution in [-0.2, 0) is 17.9 Å². The monoisotopic (exact) mass is 421 g/mol. The second kappa shape index (κ2) is 10.4. The number of carbonyl (C=O) groups excluding carboxylic acids is 1. The first-order chi connectivity index (χ1) is 15.2. The Morgan fingerprint density at radius 3 is 2.58 bits per heavy atom. The summed E-state index contributed by atoms with van der Waals surface area (Å²) in [5.74, 6) is 1.54. The smallest absolute Gasteiger partial charge is 0.240 e. The third kappa shape index (κ3) is 5.83. The number of carbonyl (C=O) groups is 1. The molecule has 4 rings (SSSR count). The van der Waals surface area contributed by atoms with Gasteiger partial charge in [-0.25, -0.2) is 4.98 Å². The highest BCUT2D eigenvalue weighted by atomic mass is 16.5. The maximum absolute atomic E-state index is 12.7. The van der Waals surface area contributed by atoms with Gasteiger partial charge in [0.15, 0.2) is 0 Å². The number of hydrogen-bond donors (Lipinski definition) is 1. The second-order valence-electron chi connectivity index (χ2n) is 8.05. The number of likely N-dealkylation sites (N-methyl/N-ethyl adjacent to an activating group) is 1. The minimum Gasteiger partial charge on any atom is -0.486 e. The zero-order valence-corrected chi connectivity index (χ0v) is 18.2. The van der Waals surface area contributed by atoms with Crippen LogP contribution in [0.15, 0.2) is 54.6 Å². The summed E-state index contributed by atoms with van der Waals surface area (Å²) in [7, 11) is 2.16. The number of piperazine rings is 1. The fourth-order valence-corrected chi connectivity index (χ4v) is 3.88. The quantitative estimate of drug-likeness (QED) is 0.538. The average Bonchev–Trinajstić information content (AvgIpc) is 3.14. The molecule has 0 atom stereocenters. The minimum absolute atomic E-state index is 0.00231. The third-order valence-electron chi connectivity index (χ3n) is 5.72. The standard InChI is InChI=1S/C24H31N5O2/c1-27-14-16-28(17-15-27)13-7-12-25-24(30)18-29-22-11-6-5-10-21(22)26-23(29)19-31-20-8-3-2-4-9-20/h2-6,8-11H,7,12-19H2,1H3,(H,25,30). The fourth-order valence-electron chi connectivity index (χ4n) is 3.88. The highest BCUT2D eigenvalue weighted by Gasteiger charge is 2.15. The van der Waals surface area contributed by atoms with E-state index in [1.165, 1.54) is 0 Å². The number of benzene rings is 2. The Hall–Kier alpha value is -2.90. The van der Waals surface area contributed by atoms with Crippen molar-refractivity contribution < 1.29 is 9.53 Å². The molecule has 0 aliphatic carbocycles. The lowest BCUT2D eigenvalue weighted by Crippen LogP contribution is -2.45. The number of imidazole rings is 1. The molecule has 164 valence electrons. The normalized spacial score (nSPS) is 15.3. The number of nitrogens with one attached hydrogen (secondary N) is 1. The van der Waals surface area contributed by atoms with Gasteiger partial charge in [0.1, 0.15) is 24.7 Å². The predicted molar refractivity (Wildman–Crippen MR) is 122 cm³/mol. The average molecular weight is 422 g/mol. The predicted octanol–water partition coefficient (Wildman–Crippen LogP) is 2.37. The first kappa shape index (κ1) is 21.3. The van der Waals surface area contributed by atoms with Gasteiger partial charge in [-0.15, -0.1) is 0 Å². The van der Waals surface area contributed by atoms with Gasteiger partial charge in [0.25, 0.3) is 0 Å². The van der Waals surface area contributed by atoms with Gasteiger partial charge in [0, 0.05) is 32.7 Å². The van der Waals surface area contributed by atoms with Crippen molar-refractivity contribution in [2.45, 2.75) is 19.6 Å². The van der Waals surface area contributed by atoms with Crippen molar-refractivity contribution in [1.29, 1.82) is 0 Å². The van der Waals surface area contributed by atoms with Gasteiger partial charge in [0.2, 0.25) is 5.91 Å². The molecule has 1 saturated heterocycles. The molecule has 1 aromatic heterocycles. The van der Waals surface area contributed by atoms with E-state index in [-0.39, 0.29) is 12.5 Å². The molecule has 1 aliphatic rings. The van der Waals surface area contributed by atoms with Crippen molar-refractivity contribution in [3.8, 4) is 5.75 Å². The van der Waals surface area contributed by atoms with E-state index in [2.05, 4.69) is 22.2 Å². The van der Waals surface area contributed by atoms with E-state index in [1.54, 1.807) is 0 Å². The first-order valence-corrected chi connectivity index (χ1v) is 11.0. The lowest BCUT2D eigenvalue weighted by atomic mass is 10.3. The van der Waals surface area contributed by atoms with Gasteiger partial charge in [0.05, 0.1) is 11.0 Å². The van der Waals surface area contributed by atoms with Crippen molar-refractivity contribution in [3.63, 3.8) is 0 Å². The van der Waals surface area contributed by atoms with Crippen LogP contribution in [-0.4, -0.2) is 71.6 Å². The lowest BCUT2D eigenvalue weighted by Gasteiger charge is -2.32. The molecule has 7 nitrogen and oxygen atoms in total. The van der Waals surface area contributed by atoms with E-state index in [9.17, 15) is 4.79 Å². The molecule has 2 heterocycles. The zero-order chi connectivity index (χ0) is 21.5. The number of amides is 1. The summed E-state index contributed by atoms with van der Waals surface area (Å²) >= 11 is 0. The molecule has 1 fully saturated rings. The zero-order valence-electron chi connectivity index (χ0n) is 18.2. The van der Waals surface area contributed by atoms with Crippen molar-refractivity contribution in [2.24, 2.45) is 0 Å². The van der Waals surface area contributed by atoms with Gasteiger partial charge in [-0.1, -0.05) is 30.3 Å². The van der Waals surface area contributed by atoms with Crippen LogP contribution in [0.4, 0.5) is 0 Å². The van der Waals surface area contributed by atoms with Crippen molar-refractivity contribution >= 4 is 16.9 Å². The van der Waals surface area contributed by atoms with E-state index in [4.69, 9.17) is 9.72 Å². The summed E-state index contributed by atoms with van der Waals surface area (Å²) in [4.78, 5) is 22.2. The maximum Gasteiger partial charge on any atom is 0.240 e. The number of ether oxygens (including phenoxy) is 1. The Balaban J connectivity index is 1.32. The van der Waals surface area contributed by atoms with Crippen LogP contribution in [0.5, 0.6) is 5.75 Å². The Bertz CT molecular complexity index is 980. The van der Waals surface area contributed by atoms with E-state index < -0.39 is 0 Å². The highest BCUT2D eigenvalue weighted by Crippen LogP contribution is 2.18. The van der Waals surface area contributed by atoms with Crippen LogP contribution < -0.4 is 10.1 Å². The topological polar surface area (TPSA) is 62.6 Å². The van der Waals surface area contributed by atoms with Crippen molar-refractivity contribution in [2.75, 3.05) is 46.3 Å². The molecular weight excluding hydrogens is 390 g/mol. The summed E-state index contributed by atoms with van der Waals surface area (Å²) < 4.78 is 7.85. The van der Waals surface area contributed by atoms with Crippen LogP contribution in [0, 0.1) is 0 Å². The SMILES string of the molecule is CN1CCN(CCCNC(=O)Cn2c(COc3ccccc3)nc3ccccc32)CC1. The summed E-state index contributed by atoms with van der Waals surface area (Å²) in [6.07, 6.45) is 0.962. The summed E-state index contributed by atoms with van der Waals surface area (Å²) in [5, 5.41) is 3.07. The van der Waals surface area contributed by atoms with Gasteiger partial charge in [-0.3, -0.25) is 4.79 Å². The van der Waals surface area contributed by atoms with Crippen LogP contribution in [0.3, 0.4) is 0 Å². The lowest BCUT2D eigenvalue weighted by molar-refractivity contribution is -0.121. The molecule has 0 spiro atoms. The summed E-state index contributed by atoms with van der Waals surface area (Å²) in [6.45, 7) is 6.72. The van der Waals surface area contributed by atoms with E-state index in [1.807, 2.05) is 59.2 Å².